The van der Waals surface area contributed by atoms with Crippen LogP contribution < -0.4 is 11.1 Å². The van der Waals surface area contributed by atoms with Crippen LogP contribution in [0.15, 0.2) is 23.5 Å². The van der Waals surface area contributed by atoms with E-state index in [4.69, 9.17) is 16.0 Å². The monoisotopic (exact) mass is 252 g/mol. The summed E-state index contributed by atoms with van der Waals surface area (Å²) in [7, 11) is 0. The van der Waals surface area contributed by atoms with Crippen molar-refractivity contribution in [3.63, 3.8) is 0 Å². The average molecular weight is 252 g/mol. The van der Waals surface area contributed by atoms with Crippen LogP contribution in [0, 0.1) is 5.92 Å². The summed E-state index contributed by atoms with van der Waals surface area (Å²) in [5, 5.41) is 23.7. The van der Waals surface area contributed by atoms with Crippen molar-refractivity contribution in [1.82, 2.24) is 10.3 Å². The van der Waals surface area contributed by atoms with Crippen molar-refractivity contribution in [3.05, 3.63) is 29.6 Å². The number of oxime groups is 1. The highest BCUT2D eigenvalue weighted by Gasteiger charge is 2.08. The molecule has 1 aromatic heterocycles. The maximum absolute atomic E-state index is 8.80. The number of aliphatic hydroxyl groups is 1. The molecular weight excluding hydrogens is 232 g/mol. The Hall–Kier alpha value is -1.66. The minimum atomic E-state index is 0.0100. The summed E-state index contributed by atoms with van der Waals surface area (Å²) in [5.74, 6) is 0.412. The molecule has 1 unspecified atom stereocenters. The number of aliphatic hydroxyl groups excluding tert-OH is 1. The fourth-order valence-corrected chi connectivity index (χ4v) is 1.63. The van der Waals surface area contributed by atoms with Crippen LogP contribution in [0.4, 0.5) is 0 Å². The molecule has 0 aromatic carbocycles. The van der Waals surface area contributed by atoms with E-state index in [1.165, 1.54) is 0 Å². The molecule has 1 rings (SSSR count). The first-order chi connectivity index (χ1) is 8.69. The Balaban J connectivity index is 2.57. The lowest BCUT2D eigenvalue weighted by atomic mass is 10.1. The van der Waals surface area contributed by atoms with E-state index in [1.54, 1.807) is 6.20 Å². The molecule has 100 valence electrons. The van der Waals surface area contributed by atoms with Gasteiger partial charge in [-0.1, -0.05) is 18.1 Å². The van der Waals surface area contributed by atoms with Gasteiger partial charge in [0.25, 0.3) is 0 Å². The summed E-state index contributed by atoms with van der Waals surface area (Å²) in [6.07, 6.45) is 2.37. The molecule has 0 aliphatic rings. The molecule has 0 radical (unpaired) electrons. The summed E-state index contributed by atoms with van der Waals surface area (Å²) in [4.78, 5) is 4.09. The van der Waals surface area contributed by atoms with Crippen LogP contribution >= 0.6 is 0 Å². The van der Waals surface area contributed by atoms with Crippen molar-refractivity contribution >= 4 is 5.84 Å². The van der Waals surface area contributed by atoms with Crippen molar-refractivity contribution in [1.29, 1.82) is 0 Å². The molecule has 18 heavy (non-hydrogen) atoms. The zero-order chi connectivity index (χ0) is 13.4. The van der Waals surface area contributed by atoms with Crippen LogP contribution in [0.3, 0.4) is 0 Å². The Morgan fingerprint density at radius 3 is 3.06 bits per heavy atom. The largest absolute Gasteiger partial charge is 0.409 e. The number of rotatable bonds is 7. The summed E-state index contributed by atoms with van der Waals surface area (Å²) in [6.45, 7) is 3.66. The van der Waals surface area contributed by atoms with Crippen LogP contribution in [-0.2, 0) is 6.54 Å². The number of aromatic nitrogens is 1. The minimum absolute atomic E-state index is 0.0100. The topological polar surface area (TPSA) is 104 Å². The Kier molecular flexibility index (Phi) is 6.10. The highest BCUT2D eigenvalue weighted by atomic mass is 16.4. The Bertz CT molecular complexity index is 395. The van der Waals surface area contributed by atoms with Crippen molar-refractivity contribution in [3.8, 4) is 0 Å². The van der Waals surface area contributed by atoms with Crippen LogP contribution in [0.25, 0.3) is 0 Å². The fourth-order valence-electron chi connectivity index (χ4n) is 1.63. The predicted octanol–water partition coefficient (Wildman–Crippen LogP) is 0.284. The maximum Gasteiger partial charge on any atom is 0.189 e. The number of amidine groups is 1. The zero-order valence-electron chi connectivity index (χ0n) is 10.5. The van der Waals surface area contributed by atoms with Gasteiger partial charge in [0.05, 0.1) is 0 Å². The van der Waals surface area contributed by atoms with E-state index >= 15 is 0 Å². The molecule has 0 saturated carbocycles. The van der Waals surface area contributed by atoms with Gasteiger partial charge in [-0.2, -0.15) is 0 Å². The van der Waals surface area contributed by atoms with Gasteiger partial charge in [-0.05, 0) is 30.5 Å². The van der Waals surface area contributed by atoms with Crippen molar-refractivity contribution < 1.29 is 10.3 Å². The van der Waals surface area contributed by atoms with Crippen LogP contribution in [-0.4, -0.2) is 34.3 Å². The molecule has 0 bridgehead atoms. The maximum atomic E-state index is 8.80. The molecule has 1 atom stereocenters. The third kappa shape index (κ3) is 4.31. The molecule has 0 aliphatic heterocycles. The number of nitrogens with zero attached hydrogens (tertiary/aromatic N) is 2. The molecule has 0 amide bonds. The Morgan fingerprint density at radius 2 is 2.39 bits per heavy atom. The second kappa shape index (κ2) is 7.62. The van der Waals surface area contributed by atoms with Crippen molar-refractivity contribution in [2.24, 2.45) is 16.8 Å². The van der Waals surface area contributed by atoms with Gasteiger partial charge < -0.3 is 21.4 Å². The first kappa shape index (κ1) is 14.4. The smallest absolute Gasteiger partial charge is 0.189 e. The van der Waals surface area contributed by atoms with E-state index in [9.17, 15) is 0 Å². The highest BCUT2D eigenvalue weighted by molar-refractivity contribution is 5.96. The van der Waals surface area contributed by atoms with Crippen molar-refractivity contribution in [2.45, 2.75) is 19.9 Å². The molecule has 6 nitrogen and oxygen atoms in total. The molecular formula is C12H20N4O2. The SMILES string of the molecule is CC(CCO)CNCc1cccnc1C(N)=NO. The molecule has 0 spiro atoms. The Morgan fingerprint density at radius 1 is 1.61 bits per heavy atom. The third-order valence-corrected chi connectivity index (χ3v) is 2.67. The summed E-state index contributed by atoms with van der Waals surface area (Å²) in [6, 6.07) is 3.69. The van der Waals surface area contributed by atoms with E-state index in [1.807, 2.05) is 12.1 Å². The lowest BCUT2D eigenvalue weighted by Crippen LogP contribution is -2.24. The molecule has 0 aliphatic carbocycles. The summed E-state index contributed by atoms with van der Waals surface area (Å²) >= 11 is 0. The van der Waals surface area contributed by atoms with E-state index in [-0.39, 0.29) is 12.4 Å². The first-order valence-electron chi connectivity index (χ1n) is 5.92. The van der Waals surface area contributed by atoms with Crippen LogP contribution in [0.1, 0.15) is 24.6 Å². The summed E-state index contributed by atoms with van der Waals surface area (Å²) in [5.41, 5.74) is 6.92. The van der Waals surface area contributed by atoms with Gasteiger partial charge in [0.2, 0.25) is 0 Å². The van der Waals surface area contributed by atoms with E-state index in [0.29, 0.717) is 18.2 Å². The van der Waals surface area contributed by atoms with Gasteiger partial charge in [0.15, 0.2) is 5.84 Å². The lowest BCUT2D eigenvalue weighted by molar-refractivity contribution is 0.260. The number of nitrogens with two attached hydrogens (primary N) is 1. The average Bonchev–Trinajstić information content (AvgIpc) is 2.39. The molecule has 0 saturated heterocycles. The molecule has 1 aromatic rings. The second-order valence-electron chi connectivity index (χ2n) is 4.24. The Labute approximate surface area is 107 Å². The molecule has 1 heterocycles. The molecule has 5 N–H and O–H groups in total. The standard InChI is InChI=1S/C12H20N4O2/c1-9(4-6-17)7-14-8-10-3-2-5-15-11(10)12(13)16-18/h2-3,5,9,14,17-18H,4,6-8H2,1H3,(H2,13,16). The minimum Gasteiger partial charge on any atom is -0.409 e. The first-order valence-corrected chi connectivity index (χ1v) is 5.92. The van der Waals surface area contributed by atoms with E-state index in [0.717, 1.165) is 18.5 Å². The molecule has 0 fully saturated rings. The van der Waals surface area contributed by atoms with E-state index < -0.39 is 0 Å². The normalized spacial score (nSPS) is 13.6. The van der Waals surface area contributed by atoms with Gasteiger partial charge in [-0.25, -0.2) is 0 Å². The van der Waals surface area contributed by atoms with Gasteiger partial charge in [-0.3, -0.25) is 4.98 Å². The van der Waals surface area contributed by atoms with Gasteiger partial charge in [0, 0.05) is 19.3 Å². The number of hydrogen-bond acceptors (Lipinski definition) is 5. The number of nitrogens with one attached hydrogen (secondary N) is 1. The number of hydrogen-bond donors (Lipinski definition) is 4. The number of pyridine rings is 1. The second-order valence-corrected chi connectivity index (χ2v) is 4.24. The van der Waals surface area contributed by atoms with E-state index in [2.05, 4.69) is 22.4 Å². The quantitative estimate of drug-likeness (QED) is 0.241. The van der Waals surface area contributed by atoms with Crippen LogP contribution in [0.2, 0.25) is 0 Å². The fraction of sp³-hybridized carbons (Fsp3) is 0.500. The zero-order valence-corrected chi connectivity index (χ0v) is 10.5. The summed E-state index contributed by atoms with van der Waals surface area (Å²) < 4.78 is 0. The third-order valence-electron chi connectivity index (χ3n) is 2.67. The van der Waals surface area contributed by atoms with Gasteiger partial charge in [-0.15, -0.1) is 0 Å². The van der Waals surface area contributed by atoms with Crippen LogP contribution in [0.5, 0.6) is 0 Å². The lowest BCUT2D eigenvalue weighted by Gasteiger charge is -2.12. The predicted molar refractivity (Wildman–Crippen MR) is 69.3 cm³/mol. The molecule has 6 heteroatoms. The van der Waals surface area contributed by atoms with Gasteiger partial charge >= 0.3 is 0 Å². The highest BCUT2D eigenvalue weighted by Crippen LogP contribution is 2.05. The van der Waals surface area contributed by atoms with Crippen molar-refractivity contribution in [2.75, 3.05) is 13.2 Å². The van der Waals surface area contributed by atoms with Gasteiger partial charge in [0.1, 0.15) is 5.69 Å².